The van der Waals surface area contributed by atoms with Crippen LogP contribution in [-0.4, -0.2) is 69.3 Å². The molecule has 3 rings (SSSR count). The Bertz CT molecular complexity index is 734. The van der Waals surface area contributed by atoms with Crippen LogP contribution in [0.1, 0.15) is 19.8 Å². The highest BCUT2D eigenvalue weighted by atomic mass is 35.5. The Morgan fingerprint density at radius 1 is 1.14 bits per heavy atom. The van der Waals surface area contributed by atoms with E-state index >= 15 is 0 Å². The summed E-state index contributed by atoms with van der Waals surface area (Å²) in [6, 6.07) is 6.60. The van der Waals surface area contributed by atoms with Gasteiger partial charge in [0.05, 0.1) is 4.90 Å². The first-order valence-corrected chi connectivity index (χ1v) is 10.8. The van der Waals surface area contributed by atoms with E-state index in [9.17, 15) is 13.2 Å². The first-order chi connectivity index (χ1) is 12.5. The summed E-state index contributed by atoms with van der Waals surface area (Å²) in [5.74, 6) is -0.0451. The number of amides is 1. The topological polar surface area (TPSA) is 81.8 Å². The van der Waals surface area contributed by atoms with Crippen molar-refractivity contribution >= 4 is 46.4 Å². The molecule has 2 heterocycles. The van der Waals surface area contributed by atoms with Gasteiger partial charge in [0.15, 0.2) is 0 Å². The van der Waals surface area contributed by atoms with E-state index in [1.165, 1.54) is 4.31 Å². The van der Waals surface area contributed by atoms with E-state index in [0.29, 0.717) is 18.8 Å². The molecule has 1 amide bonds. The van der Waals surface area contributed by atoms with Gasteiger partial charge < -0.3 is 15.5 Å². The monoisotopic (exact) mass is 452 g/mol. The number of hydrogen-bond donors (Lipinski definition) is 2. The molecule has 10 heteroatoms. The fourth-order valence-electron chi connectivity index (χ4n) is 3.50. The predicted octanol–water partition coefficient (Wildman–Crippen LogP) is 1.79. The van der Waals surface area contributed by atoms with Gasteiger partial charge in [0.2, 0.25) is 15.9 Å². The van der Waals surface area contributed by atoms with Gasteiger partial charge in [-0.2, -0.15) is 4.31 Å². The number of carbonyl (C=O) groups excluding carboxylic acids is 1. The van der Waals surface area contributed by atoms with E-state index in [1.807, 2.05) is 0 Å². The molecule has 160 valence electrons. The van der Waals surface area contributed by atoms with E-state index < -0.39 is 10.0 Å². The molecular formula is C18H30Cl2N4O3S. The van der Waals surface area contributed by atoms with Gasteiger partial charge in [0.25, 0.3) is 0 Å². The molecule has 2 aliphatic heterocycles. The molecule has 2 aliphatic rings. The van der Waals surface area contributed by atoms with Crippen molar-refractivity contribution in [1.82, 2.24) is 14.5 Å². The van der Waals surface area contributed by atoms with Crippen LogP contribution in [0.4, 0.5) is 5.69 Å². The van der Waals surface area contributed by atoms with Gasteiger partial charge in [0, 0.05) is 37.8 Å². The quantitative estimate of drug-likeness (QED) is 0.711. The second-order valence-electron chi connectivity index (χ2n) is 6.88. The maximum atomic E-state index is 12.9. The third kappa shape index (κ3) is 6.05. The van der Waals surface area contributed by atoms with Crippen LogP contribution in [0.25, 0.3) is 0 Å². The number of halogens is 2. The predicted molar refractivity (Wildman–Crippen MR) is 116 cm³/mol. The number of carbonyl (C=O) groups is 1. The molecule has 2 saturated heterocycles. The fraction of sp³-hybridized carbons (Fsp3) is 0.611. The minimum Gasteiger partial charge on any atom is -0.326 e. The molecule has 1 aromatic carbocycles. The van der Waals surface area contributed by atoms with Crippen LogP contribution in [-0.2, 0) is 14.8 Å². The average Bonchev–Trinajstić information content (AvgIpc) is 2.69. The first-order valence-electron chi connectivity index (χ1n) is 9.35. The van der Waals surface area contributed by atoms with Crippen molar-refractivity contribution in [3.05, 3.63) is 24.3 Å². The molecule has 0 aromatic heterocycles. The molecule has 0 saturated carbocycles. The molecule has 0 spiro atoms. The lowest BCUT2D eigenvalue weighted by atomic mass is 9.97. The largest absolute Gasteiger partial charge is 0.326 e. The van der Waals surface area contributed by atoms with Crippen LogP contribution >= 0.6 is 24.8 Å². The van der Waals surface area contributed by atoms with Crippen molar-refractivity contribution in [3.63, 3.8) is 0 Å². The summed E-state index contributed by atoms with van der Waals surface area (Å²) >= 11 is 0. The van der Waals surface area contributed by atoms with Crippen molar-refractivity contribution < 1.29 is 13.2 Å². The second-order valence-corrected chi connectivity index (χ2v) is 8.82. The van der Waals surface area contributed by atoms with Crippen molar-refractivity contribution in [2.24, 2.45) is 5.92 Å². The molecule has 0 atom stereocenters. The zero-order chi connectivity index (χ0) is 18.6. The number of piperidine rings is 1. The number of benzene rings is 1. The van der Waals surface area contributed by atoms with E-state index in [-0.39, 0.29) is 41.5 Å². The average molecular weight is 453 g/mol. The number of nitrogens with zero attached hydrogens (tertiary/aromatic N) is 2. The Hall–Kier alpha value is -0.900. The number of nitrogens with one attached hydrogen (secondary N) is 2. The van der Waals surface area contributed by atoms with Crippen LogP contribution in [0.15, 0.2) is 29.2 Å². The van der Waals surface area contributed by atoms with Crippen LogP contribution in [0.5, 0.6) is 0 Å². The third-order valence-corrected chi connectivity index (χ3v) is 7.12. The minimum atomic E-state index is -3.53. The smallest absolute Gasteiger partial charge is 0.243 e. The van der Waals surface area contributed by atoms with E-state index in [2.05, 4.69) is 22.5 Å². The van der Waals surface area contributed by atoms with Gasteiger partial charge in [-0.15, -0.1) is 24.8 Å². The molecule has 7 nitrogen and oxygen atoms in total. The molecular weight excluding hydrogens is 423 g/mol. The first kappa shape index (κ1) is 25.1. The third-order valence-electron chi connectivity index (χ3n) is 5.23. The number of likely N-dealkylation sites (N-methyl/N-ethyl adjacent to an activating group) is 1. The van der Waals surface area contributed by atoms with E-state index in [1.54, 1.807) is 24.3 Å². The van der Waals surface area contributed by atoms with E-state index in [0.717, 1.165) is 45.6 Å². The van der Waals surface area contributed by atoms with Crippen molar-refractivity contribution in [2.45, 2.75) is 24.7 Å². The lowest BCUT2D eigenvalue weighted by Crippen LogP contribution is -2.48. The highest BCUT2D eigenvalue weighted by Crippen LogP contribution is 2.22. The number of sulfonamides is 1. The minimum absolute atomic E-state index is 0. The summed E-state index contributed by atoms with van der Waals surface area (Å²) in [5.41, 5.74) is 0.543. The lowest BCUT2D eigenvalue weighted by molar-refractivity contribution is -0.120. The summed E-state index contributed by atoms with van der Waals surface area (Å²) < 4.78 is 27.4. The van der Waals surface area contributed by atoms with Gasteiger partial charge in [-0.3, -0.25) is 4.79 Å². The van der Waals surface area contributed by atoms with Gasteiger partial charge in [0.1, 0.15) is 0 Å². The molecule has 0 bridgehead atoms. The summed E-state index contributed by atoms with van der Waals surface area (Å²) in [4.78, 5) is 14.9. The van der Waals surface area contributed by atoms with E-state index in [4.69, 9.17) is 0 Å². The molecule has 28 heavy (non-hydrogen) atoms. The Morgan fingerprint density at radius 2 is 1.79 bits per heavy atom. The Kier molecular flexibility index (Phi) is 10.2. The SMILES string of the molecule is CCN1CCN(S(=O)(=O)c2cccc(NC(=O)C3CCNCC3)c2)CC1.Cl.Cl. The standard InChI is InChI=1S/C18H28N4O3S.2ClH/c1-2-21-10-12-22(13-11-21)26(24,25)17-5-3-4-16(14-17)20-18(23)15-6-8-19-9-7-15;;/h3-5,14-15,19H,2,6-13H2,1H3,(H,20,23);2*1H. The van der Waals surface area contributed by atoms with Gasteiger partial charge in [-0.25, -0.2) is 8.42 Å². The summed E-state index contributed by atoms with van der Waals surface area (Å²) in [6.45, 7) is 7.21. The molecule has 1 aromatic rings. The molecule has 2 N–H and O–H groups in total. The van der Waals surface area contributed by atoms with Gasteiger partial charge in [-0.1, -0.05) is 13.0 Å². The van der Waals surface area contributed by atoms with Gasteiger partial charge in [-0.05, 0) is 50.7 Å². The van der Waals surface area contributed by atoms with Crippen molar-refractivity contribution in [3.8, 4) is 0 Å². The fourth-order valence-corrected chi connectivity index (χ4v) is 4.97. The number of hydrogen-bond acceptors (Lipinski definition) is 5. The molecule has 2 fully saturated rings. The Morgan fingerprint density at radius 3 is 2.39 bits per heavy atom. The van der Waals surface area contributed by atoms with Crippen LogP contribution in [0.3, 0.4) is 0 Å². The number of anilines is 1. The highest BCUT2D eigenvalue weighted by molar-refractivity contribution is 7.89. The zero-order valence-electron chi connectivity index (χ0n) is 16.1. The second kappa shape index (κ2) is 11.3. The van der Waals surface area contributed by atoms with Crippen LogP contribution < -0.4 is 10.6 Å². The van der Waals surface area contributed by atoms with Gasteiger partial charge >= 0.3 is 0 Å². The highest BCUT2D eigenvalue weighted by Gasteiger charge is 2.28. The molecule has 0 aliphatic carbocycles. The summed E-state index contributed by atoms with van der Waals surface area (Å²) in [6.07, 6.45) is 1.62. The zero-order valence-corrected chi connectivity index (χ0v) is 18.5. The van der Waals surface area contributed by atoms with Crippen molar-refractivity contribution in [1.29, 1.82) is 0 Å². The summed E-state index contributed by atoms with van der Waals surface area (Å²) in [5, 5.41) is 6.12. The van der Waals surface area contributed by atoms with Crippen molar-refractivity contribution in [2.75, 3.05) is 51.1 Å². The van der Waals surface area contributed by atoms with Crippen LogP contribution in [0.2, 0.25) is 0 Å². The Balaban J connectivity index is 0.00000196. The maximum absolute atomic E-state index is 12.9. The normalized spacial score (nSPS) is 19.3. The lowest BCUT2D eigenvalue weighted by Gasteiger charge is -2.33. The Labute approximate surface area is 180 Å². The number of rotatable bonds is 5. The molecule has 0 unspecified atom stereocenters. The maximum Gasteiger partial charge on any atom is 0.243 e. The molecule has 0 radical (unpaired) electrons. The number of piperazine rings is 1. The summed E-state index contributed by atoms with van der Waals surface area (Å²) in [7, 11) is -3.53. The van der Waals surface area contributed by atoms with Crippen LogP contribution in [0, 0.1) is 5.92 Å².